The topological polar surface area (TPSA) is 101 Å². The second-order valence-electron chi connectivity index (χ2n) is 7.15. The van der Waals surface area contributed by atoms with E-state index in [1.807, 2.05) is 62.4 Å². The van der Waals surface area contributed by atoms with Gasteiger partial charge in [0.05, 0.1) is 0 Å². The normalized spacial score (nSPS) is 13.9. The van der Waals surface area contributed by atoms with Crippen molar-refractivity contribution in [1.82, 2.24) is 15.1 Å². The van der Waals surface area contributed by atoms with E-state index in [4.69, 9.17) is 4.52 Å². The number of hydrogen-bond donors (Lipinski definition) is 1. The van der Waals surface area contributed by atoms with Gasteiger partial charge in [-0.1, -0.05) is 53.2 Å². The van der Waals surface area contributed by atoms with Gasteiger partial charge in [0.25, 0.3) is 5.89 Å². The molecule has 2 heterocycles. The fraction of sp³-hybridized carbons (Fsp3) is 0.227. The Kier molecular flexibility index (Phi) is 5.38. The summed E-state index contributed by atoms with van der Waals surface area (Å²) in [5, 5.41) is 12.3. The Bertz CT molecular complexity index is 1120. The number of rotatable bonds is 5. The molecule has 1 aliphatic rings. The molecule has 0 atom stereocenters. The summed E-state index contributed by atoms with van der Waals surface area (Å²) >= 11 is 0. The SMILES string of the molecule is Cc1ccc(NC(=O)CN2N=C(c3nc(-c4ccccc4)no3)CCC2=O)c(C)c1. The van der Waals surface area contributed by atoms with Gasteiger partial charge >= 0.3 is 0 Å². The predicted octanol–water partition coefficient (Wildman–Crippen LogP) is 3.32. The van der Waals surface area contributed by atoms with Gasteiger partial charge in [-0.15, -0.1) is 0 Å². The highest BCUT2D eigenvalue weighted by molar-refractivity contribution is 6.02. The van der Waals surface area contributed by atoms with E-state index < -0.39 is 0 Å². The first-order chi connectivity index (χ1) is 14.5. The van der Waals surface area contributed by atoms with Crippen LogP contribution in [0, 0.1) is 13.8 Å². The maximum absolute atomic E-state index is 12.5. The zero-order valence-corrected chi connectivity index (χ0v) is 16.8. The van der Waals surface area contributed by atoms with Crippen molar-refractivity contribution in [3.63, 3.8) is 0 Å². The van der Waals surface area contributed by atoms with Gasteiger partial charge < -0.3 is 9.84 Å². The van der Waals surface area contributed by atoms with Crippen molar-refractivity contribution in [2.75, 3.05) is 11.9 Å². The van der Waals surface area contributed by atoms with Crippen molar-refractivity contribution in [3.05, 3.63) is 65.5 Å². The lowest BCUT2D eigenvalue weighted by molar-refractivity contribution is -0.135. The molecular formula is C22H21N5O3. The van der Waals surface area contributed by atoms with Crippen molar-refractivity contribution >= 4 is 23.2 Å². The molecule has 0 saturated heterocycles. The number of amides is 2. The molecule has 0 bridgehead atoms. The highest BCUT2D eigenvalue weighted by Gasteiger charge is 2.26. The first-order valence-electron chi connectivity index (χ1n) is 9.64. The van der Waals surface area contributed by atoms with Crippen LogP contribution in [0.1, 0.15) is 29.9 Å². The molecule has 4 rings (SSSR count). The number of anilines is 1. The van der Waals surface area contributed by atoms with Gasteiger partial charge in [0.2, 0.25) is 17.6 Å². The lowest BCUT2D eigenvalue weighted by Gasteiger charge is -2.22. The van der Waals surface area contributed by atoms with Crippen molar-refractivity contribution in [2.45, 2.75) is 26.7 Å². The average molecular weight is 403 g/mol. The molecular weight excluding hydrogens is 382 g/mol. The number of hydrazone groups is 1. The third-order valence-electron chi connectivity index (χ3n) is 4.76. The van der Waals surface area contributed by atoms with Crippen LogP contribution in [0.3, 0.4) is 0 Å². The van der Waals surface area contributed by atoms with E-state index in [0.29, 0.717) is 23.6 Å². The quantitative estimate of drug-likeness (QED) is 0.704. The Morgan fingerprint density at radius 2 is 1.93 bits per heavy atom. The summed E-state index contributed by atoms with van der Waals surface area (Å²) in [5.41, 5.74) is 4.09. The number of nitrogens with zero attached hydrogens (tertiary/aromatic N) is 4. The van der Waals surface area contributed by atoms with Gasteiger partial charge in [-0.3, -0.25) is 9.59 Å². The number of hydrogen-bond acceptors (Lipinski definition) is 6. The predicted molar refractivity (Wildman–Crippen MR) is 112 cm³/mol. The van der Waals surface area contributed by atoms with E-state index >= 15 is 0 Å². The van der Waals surface area contributed by atoms with E-state index in [1.165, 1.54) is 0 Å². The van der Waals surface area contributed by atoms with Crippen LogP contribution in [0.2, 0.25) is 0 Å². The van der Waals surface area contributed by atoms with E-state index in [1.54, 1.807) is 0 Å². The molecule has 0 unspecified atom stereocenters. The fourth-order valence-electron chi connectivity index (χ4n) is 3.20. The van der Waals surface area contributed by atoms with Crippen LogP contribution >= 0.6 is 0 Å². The third kappa shape index (κ3) is 4.27. The lowest BCUT2D eigenvalue weighted by Crippen LogP contribution is -2.38. The molecule has 0 radical (unpaired) electrons. The smallest absolute Gasteiger partial charge is 0.274 e. The molecule has 2 amide bonds. The molecule has 0 saturated carbocycles. The first-order valence-corrected chi connectivity index (χ1v) is 9.64. The van der Waals surface area contributed by atoms with Crippen molar-refractivity contribution < 1.29 is 14.1 Å². The Hall–Kier alpha value is -3.81. The zero-order chi connectivity index (χ0) is 21.1. The van der Waals surface area contributed by atoms with Crippen LogP contribution in [0.25, 0.3) is 11.4 Å². The van der Waals surface area contributed by atoms with Crippen molar-refractivity contribution in [3.8, 4) is 11.4 Å². The summed E-state index contributed by atoms with van der Waals surface area (Å²) in [6.07, 6.45) is 0.600. The molecule has 1 N–H and O–H groups in total. The number of aryl methyl sites for hydroxylation is 2. The zero-order valence-electron chi connectivity index (χ0n) is 16.8. The van der Waals surface area contributed by atoms with Crippen molar-refractivity contribution in [2.24, 2.45) is 5.10 Å². The summed E-state index contributed by atoms with van der Waals surface area (Å²) in [7, 11) is 0. The molecule has 0 aliphatic carbocycles. The minimum atomic E-state index is -0.323. The highest BCUT2D eigenvalue weighted by Crippen LogP contribution is 2.20. The minimum absolute atomic E-state index is 0.185. The van der Waals surface area contributed by atoms with Gasteiger partial charge in [0, 0.05) is 24.1 Å². The maximum Gasteiger partial charge on any atom is 0.274 e. The molecule has 3 aromatic rings. The highest BCUT2D eigenvalue weighted by atomic mass is 16.5. The van der Waals surface area contributed by atoms with Crippen LogP contribution in [0.5, 0.6) is 0 Å². The second kappa shape index (κ2) is 8.28. The van der Waals surface area contributed by atoms with E-state index in [-0.39, 0.29) is 30.7 Å². The first kappa shape index (κ1) is 19.5. The summed E-state index contributed by atoms with van der Waals surface area (Å²) in [6.45, 7) is 3.72. The number of aromatic nitrogens is 2. The van der Waals surface area contributed by atoms with E-state index in [9.17, 15) is 9.59 Å². The number of carbonyl (C=O) groups is 2. The second-order valence-corrected chi connectivity index (χ2v) is 7.15. The fourth-order valence-corrected chi connectivity index (χ4v) is 3.20. The minimum Gasteiger partial charge on any atom is -0.332 e. The average Bonchev–Trinajstić information content (AvgIpc) is 3.23. The molecule has 8 heteroatoms. The lowest BCUT2D eigenvalue weighted by atomic mass is 10.1. The Balaban J connectivity index is 1.48. The van der Waals surface area contributed by atoms with Crippen LogP contribution in [0.4, 0.5) is 5.69 Å². The molecule has 8 nitrogen and oxygen atoms in total. The number of nitrogens with one attached hydrogen (secondary N) is 1. The third-order valence-corrected chi connectivity index (χ3v) is 4.76. The standard InChI is InChI=1S/C22H21N5O3/c1-14-8-9-17(15(2)12-14)23-19(28)13-27-20(29)11-10-18(25-27)22-24-21(26-30-22)16-6-4-3-5-7-16/h3-9,12H,10-11,13H2,1-2H3,(H,23,28). The Morgan fingerprint density at radius 3 is 2.70 bits per heavy atom. The summed E-state index contributed by atoms with van der Waals surface area (Å²) in [4.78, 5) is 29.1. The van der Waals surface area contributed by atoms with Crippen LogP contribution in [-0.2, 0) is 9.59 Å². The molecule has 2 aromatic carbocycles. The summed E-state index contributed by atoms with van der Waals surface area (Å²) in [5.74, 6) is 0.151. The molecule has 0 spiro atoms. The van der Waals surface area contributed by atoms with Crippen LogP contribution in [-0.4, -0.2) is 39.2 Å². The molecule has 1 aliphatic heterocycles. The van der Waals surface area contributed by atoms with Gasteiger partial charge in [-0.2, -0.15) is 10.1 Å². The van der Waals surface area contributed by atoms with Gasteiger partial charge in [-0.05, 0) is 25.5 Å². The summed E-state index contributed by atoms with van der Waals surface area (Å²) < 4.78 is 5.34. The summed E-state index contributed by atoms with van der Waals surface area (Å²) in [6, 6.07) is 15.2. The molecule has 0 fully saturated rings. The number of carbonyl (C=O) groups excluding carboxylic acids is 2. The Labute approximate surface area is 173 Å². The van der Waals surface area contributed by atoms with E-state index in [0.717, 1.165) is 21.7 Å². The van der Waals surface area contributed by atoms with Gasteiger partial charge in [-0.25, -0.2) is 5.01 Å². The van der Waals surface area contributed by atoms with Crippen LogP contribution in [0.15, 0.2) is 58.2 Å². The Morgan fingerprint density at radius 1 is 1.13 bits per heavy atom. The molecule has 152 valence electrons. The number of benzene rings is 2. The van der Waals surface area contributed by atoms with E-state index in [2.05, 4.69) is 20.6 Å². The van der Waals surface area contributed by atoms with Gasteiger partial charge in [0.15, 0.2) is 0 Å². The van der Waals surface area contributed by atoms with Crippen molar-refractivity contribution in [1.29, 1.82) is 0 Å². The maximum atomic E-state index is 12.5. The van der Waals surface area contributed by atoms with Gasteiger partial charge in [0.1, 0.15) is 12.3 Å². The largest absolute Gasteiger partial charge is 0.332 e. The van der Waals surface area contributed by atoms with Crippen LogP contribution < -0.4 is 5.32 Å². The molecule has 30 heavy (non-hydrogen) atoms. The monoisotopic (exact) mass is 403 g/mol. The molecule has 1 aromatic heterocycles.